The molecule has 26 heavy (non-hydrogen) atoms. The molecule has 1 saturated heterocycles. The predicted molar refractivity (Wildman–Crippen MR) is 95.3 cm³/mol. The molecular weight excluding hydrogens is 366 g/mol. The van der Waals surface area contributed by atoms with E-state index in [-0.39, 0.29) is 5.02 Å². The third-order valence-electron chi connectivity index (χ3n) is 4.28. The number of hydrogen-bond acceptors (Lipinski definition) is 6. The molecule has 0 aliphatic carbocycles. The molecule has 3 heterocycles. The minimum absolute atomic E-state index is 0.0855. The molecular formula is C16H19ClF2N6O. The van der Waals surface area contributed by atoms with Crippen LogP contribution in [0.1, 0.15) is 12.5 Å². The molecule has 0 aromatic carbocycles. The fourth-order valence-corrected chi connectivity index (χ4v) is 3.04. The Morgan fingerprint density at radius 2 is 1.73 bits per heavy atom. The maximum absolute atomic E-state index is 12.5. The Morgan fingerprint density at radius 3 is 2.31 bits per heavy atom. The highest BCUT2D eigenvalue weighted by Gasteiger charge is 2.23. The van der Waals surface area contributed by atoms with Gasteiger partial charge in [0.25, 0.3) is 12.0 Å². The molecule has 1 aliphatic heterocycles. The van der Waals surface area contributed by atoms with Crippen molar-refractivity contribution in [3.05, 3.63) is 39.5 Å². The molecule has 0 atom stereocenters. The van der Waals surface area contributed by atoms with Crippen molar-refractivity contribution in [1.82, 2.24) is 19.7 Å². The number of alkyl halides is 2. The molecule has 1 fully saturated rings. The predicted octanol–water partition coefficient (Wildman–Crippen LogP) is 1.84. The minimum Gasteiger partial charge on any atom is -0.365 e. The van der Waals surface area contributed by atoms with Crippen LogP contribution in [0.3, 0.4) is 0 Å². The van der Waals surface area contributed by atoms with Gasteiger partial charge in [0.15, 0.2) is 0 Å². The Kier molecular flexibility index (Phi) is 5.65. The molecule has 3 rings (SSSR count). The number of nitrogens with zero attached hydrogens (tertiary/aromatic N) is 6. The summed E-state index contributed by atoms with van der Waals surface area (Å²) in [5, 5.41) is 3.72. The third kappa shape index (κ3) is 3.92. The molecule has 2 aromatic rings. The topological polar surface area (TPSA) is 67.2 Å². The molecule has 0 unspecified atom stereocenters. The van der Waals surface area contributed by atoms with Crippen LogP contribution in [0, 0.1) is 0 Å². The summed E-state index contributed by atoms with van der Waals surface area (Å²) in [5.41, 5.74) is 0.837. The number of anilines is 2. The van der Waals surface area contributed by atoms with Gasteiger partial charge in [-0.15, -0.1) is 0 Å². The standard InChI is InChI=1S/C16H19ClF2N6O/c1-2-11-7-20-16(21-8-11)24-5-3-23(4-6-24)12-9-22-25(10-13(18)19)15(26)14(12)17/h7-9,13H,2-6,10H2,1H3. The van der Waals surface area contributed by atoms with E-state index in [1.807, 2.05) is 24.2 Å². The van der Waals surface area contributed by atoms with Crippen LogP contribution < -0.4 is 15.4 Å². The van der Waals surface area contributed by atoms with Crippen LogP contribution in [0.5, 0.6) is 0 Å². The van der Waals surface area contributed by atoms with Gasteiger partial charge in [0.2, 0.25) is 5.95 Å². The molecule has 0 amide bonds. The molecule has 0 radical (unpaired) electrons. The Balaban J connectivity index is 1.69. The first kappa shape index (κ1) is 18.5. The Bertz CT molecular complexity index is 805. The molecule has 2 aromatic heterocycles. The molecule has 0 saturated carbocycles. The van der Waals surface area contributed by atoms with Gasteiger partial charge < -0.3 is 9.80 Å². The van der Waals surface area contributed by atoms with Crippen LogP contribution in [-0.4, -0.2) is 52.4 Å². The summed E-state index contributed by atoms with van der Waals surface area (Å²) in [6, 6.07) is 0. The van der Waals surface area contributed by atoms with Crippen molar-refractivity contribution in [3.63, 3.8) is 0 Å². The first-order chi connectivity index (χ1) is 12.5. The van der Waals surface area contributed by atoms with E-state index < -0.39 is 18.5 Å². The Hall–Kier alpha value is -2.29. The van der Waals surface area contributed by atoms with E-state index in [0.717, 1.165) is 12.0 Å². The normalized spacial score (nSPS) is 15.0. The van der Waals surface area contributed by atoms with E-state index in [9.17, 15) is 13.6 Å². The quantitative estimate of drug-likeness (QED) is 0.783. The highest BCUT2D eigenvalue weighted by atomic mass is 35.5. The average Bonchev–Trinajstić information content (AvgIpc) is 2.66. The number of rotatable bonds is 5. The molecule has 140 valence electrons. The van der Waals surface area contributed by atoms with E-state index >= 15 is 0 Å². The van der Waals surface area contributed by atoms with Gasteiger partial charge in [0.1, 0.15) is 11.6 Å². The van der Waals surface area contributed by atoms with Gasteiger partial charge >= 0.3 is 0 Å². The third-order valence-corrected chi connectivity index (χ3v) is 4.64. The summed E-state index contributed by atoms with van der Waals surface area (Å²) in [7, 11) is 0. The van der Waals surface area contributed by atoms with Gasteiger partial charge in [-0.2, -0.15) is 5.10 Å². The van der Waals surface area contributed by atoms with Gasteiger partial charge in [-0.3, -0.25) is 4.79 Å². The zero-order valence-electron chi connectivity index (χ0n) is 14.3. The molecule has 0 spiro atoms. The van der Waals surface area contributed by atoms with Crippen molar-refractivity contribution in [2.24, 2.45) is 0 Å². The van der Waals surface area contributed by atoms with Crippen LogP contribution >= 0.6 is 11.6 Å². The van der Waals surface area contributed by atoms with Crippen molar-refractivity contribution in [2.45, 2.75) is 26.3 Å². The lowest BCUT2D eigenvalue weighted by atomic mass is 10.2. The van der Waals surface area contributed by atoms with Gasteiger partial charge in [-0.05, 0) is 12.0 Å². The summed E-state index contributed by atoms with van der Waals surface area (Å²) < 4.78 is 25.6. The van der Waals surface area contributed by atoms with Crippen molar-refractivity contribution >= 4 is 23.2 Å². The number of halogens is 3. The largest absolute Gasteiger partial charge is 0.365 e. The van der Waals surface area contributed by atoms with Gasteiger partial charge in [-0.1, -0.05) is 18.5 Å². The van der Waals surface area contributed by atoms with Crippen LogP contribution in [0.4, 0.5) is 20.4 Å². The van der Waals surface area contributed by atoms with Crippen LogP contribution in [-0.2, 0) is 13.0 Å². The average molecular weight is 385 g/mol. The summed E-state index contributed by atoms with van der Waals surface area (Å²) in [5.74, 6) is 0.665. The second kappa shape index (κ2) is 7.94. The zero-order chi connectivity index (χ0) is 18.7. The van der Waals surface area contributed by atoms with Crippen molar-refractivity contribution < 1.29 is 8.78 Å². The number of hydrogen-bond donors (Lipinski definition) is 0. The van der Waals surface area contributed by atoms with Crippen molar-refractivity contribution in [2.75, 3.05) is 36.0 Å². The maximum atomic E-state index is 12.5. The van der Waals surface area contributed by atoms with Crippen molar-refractivity contribution in [1.29, 1.82) is 0 Å². The first-order valence-corrected chi connectivity index (χ1v) is 8.72. The maximum Gasteiger partial charge on any atom is 0.287 e. The fourth-order valence-electron chi connectivity index (χ4n) is 2.78. The highest BCUT2D eigenvalue weighted by Crippen LogP contribution is 2.23. The van der Waals surface area contributed by atoms with E-state index in [1.54, 1.807) is 0 Å². The summed E-state index contributed by atoms with van der Waals surface area (Å²) in [6.07, 6.45) is 3.23. The van der Waals surface area contributed by atoms with E-state index in [2.05, 4.69) is 20.0 Å². The summed E-state index contributed by atoms with van der Waals surface area (Å²) in [6.45, 7) is 3.78. The molecule has 0 N–H and O–H groups in total. The molecule has 7 nitrogen and oxygen atoms in total. The lowest BCUT2D eigenvalue weighted by Crippen LogP contribution is -2.47. The minimum atomic E-state index is -2.66. The van der Waals surface area contributed by atoms with E-state index in [4.69, 9.17) is 11.6 Å². The molecule has 10 heteroatoms. The fraction of sp³-hybridized carbons (Fsp3) is 0.500. The molecule has 1 aliphatic rings. The first-order valence-electron chi connectivity index (χ1n) is 8.34. The Labute approximate surface area is 154 Å². The van der Waals surface area contributed by atoms with Gasteiger partial charge in [0.05, 0.1) is 11.9 Å². The number of piperazine rings is 1. The van der Waals surface area contributed by atoms with E-state index in [0.29, 0.717) is 42.5 Å². The number of aryl methyl sites for hydroxylation is 1. The molecule has 0 bridgehead atoms. The van der Waals surface area contributed by atoms with Crippen LogP contribution in [0.25, 0.3) is 0 Å². The second-order valence-electron chi connectivity index (χ2n) is 5.94. The SMILES string of the molecule is CCc1cnc(N2CCN(c3cnn(CC(F)F)c(=O)c3Cl)CC2)nc1. The summed E-state index contributed by atoms with van der Waals surface area (Å²) in [4.78, 5) is 24.8. The second-order valence-corrected chi connectivity index (χ2v) is 6.32. The van der Waals surface area contributed by atoms with E-state index in [1.165, 1.54) is 6.20 Å². The van der Waals surface area contributed by atoms with Crippen LogP contribution in [0.2, 0.25) is 5.02 Å². The zero-order valence-corrected chi connectivity index (χ0v) is 15.0. The van der Waals surface area contributed by atoms with Gasteiger partial charge in [0, 0.05) is 38.6 Å². The van der Waals surface area contributed by atoms with Crippen LogP contribution in [0.15, 0.2) is 23.4 Å². The van der Waals surface area contributed by atoms with Crippen molar-refractivity contribution in [3.8, 4) is 0 Å². The summed E-state index contributed by atoms with van der Waals surface area (Å²) >= 11 is 6.10. The highest BCUT2D eigenvalue weighted by molar-refractivity contribution is 6.33. The monoisotopic (exact) mass is 384 g/mol. The Morgan fingerprint density at radius 1 is 1.12 bits per heavy atom. The smallest absolute Gasteiger partial charge is 0.287 e. The lowest BCUT2D eigenvalue weighted by molar-refractivity contribution is 0.119. The number of aromatic nitrogens is 4. The lowest BCUT2D eigenvalue weighted by Gasteiger charge is -2.36. The van der Waals surface area contributed by atoms with Gasteiger partial charge in [-0.25, -0.2) is 23.4 Å².